The number of aromatic nitrogens is 1. The van der Waals surface area contributed by atoms with Crippen LogP contribution in [0.4, 0.5) is 13.2 Å². The van der Waals surface area contributed by atoms with E-state index in [0.29, 0.717) is 12.0 Å². The van der Waals surface area contributed by atoms with Crippen LogP contribution in [0, 0.1) is 0 Å². The number of carbonyl (C=O) groups is 1. The van der Waals surface area contributed by atoms with E-state index in [-0.39, 0.29) is 5.56 Å². The van der Waals surface area contributed by atoms with Crippen molar-refractivity contribution in [1.82, 2.24) is 9.88 Å². The number of aldehydes is 1. The predicted octanol–water partition coefficient (Wildman–Crippen LogP) is 2.20. The van der Waals surface area contributed by atoms with Crippen LogP contribution in [0.15, 0.2) is 24.5 Å². The van der Waals surface area contributed by atoms with Crippen molar-refractivity contribution < 1.29 is 18.0 Å². The third kappa shape index (κ3) is 3.30. The molecule has 0 aromatic carbocycles. The first-order chi connectivity index (χ1) is 7.86. The molecule has 1 rings (SSSR count). The fourth-order valence-corrected chi connectivity index (χ4v) is 1.30. The smallest absolute Gasteiger partial charge is 0.377 e. The molecule has 0 aliphatic carbocycles. The van der Waals surface area contributed by atoms with Gasteiger partial charge in [0.25, 0.3) is 0 Å². The van der Waals surface area contributed by atoms with E-state index < -0.39 is 11.7 Å². The molecular formula is C11H11F3N2O. The molecule has 0 spiro atoms. The first kappa shape index (κ1) is 13.2. The maximum absolute atomic E-state index is 12.5. The van der Waals surface area contributed by atoms with Crippen molar-refractivity contribution >= 4 is 12.0 Å². The Morgan fingerprint density at radius 2 is 2.00 bits per heavy atom. The number of pyridine rings is 1. The van der Waals surface area contributed by atoms with Gasteiger partial charge in [0, 0.05) is 43.8 Å². The van der Waals surface area contributed by atoms with Crippen molar-refractivity contribution in [3.8, 4) is 0 Å². The van der Waals surface area contributed by atoms with E-state index in [1.807, 2.05) is 0 Å². The standard InChI is InChI=1S/C11H11F3N2O/c1-16(2)10(3-4-17)8-5-9(7-15-6-8)11(12,13)14/h3-7H,1-2H3. The highest BCUT2D eigenvalue weighted by Gasteiger charge is 2.31. The summed E-state index contributed by atoms with van der Waals surface area (Å²) in [4.78, 5) is 15.5. The van der Waals surface area contributed by atoms with Gasteiger partial charge in [-0.15, -0.1) is 0 Å². The van der Waals surface area contributed by atoms with Crippen LogP contribution in [0.5, 0.6) is 0 Å². The molecule has 0 unspecified atom stereocenters. The Kier molecular flexibility index (Phi) is 3.88. The van der Waals surface area contributed by atoms with Crippen LogP contribution in [0.2, 0.25) is 0 Å². The molecule has 1 aromatic heterocycles. The molecule has 0 radical (unpaired) electrons. The summed E-state index contributed by atoms with van der Waals surface area (Å²) in [6.45, 7) is 0. The molecule has 92 valence electrons. The Balaban J connectivity index is 3.23. The van der Waals surface area contributed by atoms with Gasteiger partial charge in [-0.25, -0.2) is 0 Å². The lowest BCUT2D eigenvalue weighted by molar-refractivity contribution is -0.137. The molecule has 0 atom stereocenters. The molecule has 0 amide bonds. The van der Waals surface area contributed by atoms with Gasteiger partial charge in [-0.1, -0.05) is 0 Å². The Bertz CT molecular complexity index is 439. The number of alkyl halides is 3. The van der Waals surface area contributed by atoms with Crippen molar-refractivity contribution in [3.63, 3.8) is 0 Å². The van der Waals surface area contributed by atoms with Gasteiger partial charge in [-0.3, -0.25) is 9.78 Å². The fraction of sp³-hybridized carbons (Fsp3) is 0.273. The van der Waals surface area contributed by atoms with Gasteiger partial charge in [-0.2, -0.15) is 13.2 Å². The number of carbonyl (C=O) groups excluding carboxylic acids is 1. The molecule has 0 saturated carbocycles. The largest absolute Gasteiger partial charge is 0.417 e. The molecule has 0 fully saturated rings. The lowest BCUT2D eigenvalue weighted by atomic mass is 10.1. The minimum Gasteiger partial charge on any atom is -0.377 e. The zero-order valence-electron chi connectivity index (χ0n) is 9.32. The van der Waals surface area contributed by atoms with Crippen molar-refractivity contribution in [3.05, 3.63) is 35.7 Å². The maximum atomic E-state index is 12.5. The molecule has 0 aliphatic heterocycles. The molecule has 3 nitrogen and oxygen atoms in total. The van der Waals surface area contributed by atoms with Gasteiger partial charge in [0.2, 0.25) is 0 Å². The number of halogens is 3. The summed E-state index contributed by atoms with van der Waals surface area (Å²) in [7, 11) is 3.27. The van der Waals surface area contributed by atoms with Crippen LogP contribution in [0.1, 0.15) is 11.1 Å². The molecule has 6 heteroatoms. The van der Waals surface area contributed by atoms with Crippen LogP contribution < -0.4 is 0 Å². The summed E-state index contributed by atoms with van der Waals surface area (Å²) in [5.74, 6) is 0. The van der Waals surface area contributed by atoms with Crippen LogP contribution in [0.3, 0.4) is 0 Å². The Morgan fingerprint density at radius 3 is 2.47 bits per heavy atom. The summed E-state index contributed by atoms with van der Waals surface area (Å²) >= 11 is 0. The Labute approximate surface area is 96.6 Å². The van der Waals surface area contributed by atoms with Gasteiger partial charge < -0.3 is 4.90 Å². The summed E-state index contributed by atoms with van der Waals surface area (Å²) in [5, 5.41) is 0. The average Bonchev–Trinajstić information content (AvgIpc) is 2.24. The van der Waals surface area contributed by atoms with Crippen LogP contribution in [0.25, 0.3) is 5.70 Å². The zero-order chi connectivity index (χ0) is 13.1. The lowest BCUT2D eigenvalue weighted by Gasteiger charge is -2.17. The van der Waals surface area contributed by atoms with Crippen LogP contribution in [-0.2, 0) is 11.0 Å². The summed E-state index contributed by atoms with van der Waals surface area (Å²) < 4.78 is 37.4. The molecular weight excluding hydrogens is 233 g/mol. The van der Waals surface area contributed by atoms with E-state index >= 15 is 0 Å². The molecule has 0 N–H and O–H groups in total. The van der Waals surface area contributed by atoms with E-state index in [4.69, 9.17) is 0 Å². The third-order valence-electron chi connectivity index (χ3n) is 2.07. The topological polar surface area (TPSA) is 33.2 Å². The van der Waals surface area contributed by atoms with E-state index in [0.717, 1.165) is 12.3 Å². The van der Waals surface area contributed by atoms with Crippen molar-refractivity contribution in [2.75, 3.05) is 14.1 Å². The number of nitrogens with zero attached hydrogens (tertiary/aromatic N) is 2. The molecule has 0 aliphatic rings. The molecule has 17 heavy (non-hydrogen) atoms. The Morgan fingerprint density at radius 1 is 1.35 bits per heavy atom. The number of allylic oxidation sites excluding steroid dienone is 1. The second-order valence-corrected chi connectivity index (χ2v) is 3.54. The Hall–Kier alpha value is -1.85. The highest BCUT2D eigenvalue weighted by molar-refractivity contribution is 5.80. The fourth-order valence-electron chi connectivity index (χ4n) is 1.30. The van der Waals surface area contributed by atoms with E-state index in [9.17, 15) is 18.0 Å². The summed E-state index contributed by atoms with van der Waals surface area (Å²) in [6, 6.07) is 0.961. The van der Waals surface area contributed by atoms with Gasteiger partial charge in [0.1, 0.15) is 6.29 Å². The minimum atomic E-state index is -4.44. The number of hydrogen-bond donors (Lipinski definition) is 0. The monoisotopic (exact) mass is 244 g/mol. The van der Waals surface area contributed by atoms with E-state index in [1.54, 1.807) is 19.0 Å². The molecule has 1 aromatic rings. The van der Waals surface area contributed by atoms with Crippen LogP contribution >= 0.6 is 0 Å². The first-order valence-electron chi connectivity index (χ1n) is 4.71. The zero-order valence-corrected chi connectivity index (χ0v) is 9.32. The second-order valence-electron chi connectivity index (χ2n) is 3.54. The van der Waals surface area contributed by atoms with Gasteiger partial charge in [0.05, 0.1) is 5.56 Å². The summed E-state index contributed by atoms with van der Waals surface area (Å²) in [5.41, 5.74) is -0.218. The second kappa shape index (κ2) is 4.99. The quantitative estimate of drug-likeness (QED) is 0.603. The van der Waals surface area contributed by atoms with Crippen molar-refractivity contribution in [2.45, 2.75) is 6.18 Å². The molecule has 0 saturated heterocycles. The molecule has 0 bridgehead atoms. The van der Waals surface area contributed by atoms with E-state index in [1.165, 1.54) is 12.3 Å². The normalized spacial score (nSPS) is 12.4. The van der Waals surface area contributed by atoms with Crippen molar-refractivity contribution in [1.29, 1.82) is 0 Å². The first-order valence-corrected chi connectivity index (χ1v) is 4.71. The number of rotatable bonds is 3. The SMILES string of the molecule is CN(C)C(=CC=O)c1cncc(C(F)(F)F)c1. The summed E-state index contributed by atoms with van der Waals surface area (Å²) in [6.07, 6.45) is -0.698. The average molecular weight is 244 g/mol. The maximum Gasteiger partial charge on any atom is 0.417 e. The highest BCUT2D eigenvalue weighted by Crippen LogP contribution is 2.30. The third-order valence-corrected chi connectivity index (χ3v) is 2.07. The van der Waals surface area contributed by atoms with Crippen molar-refractivity contribution in [2.24, 2.45) is 0 Å². The van der Waals surface area contributed by atoms with E-state index in [2.05, 4.69) is 4.98 Å². The van der Waals surface area contributed by atoms with Crippen LogP contribution in [-0.4, -0.2) is 30.3 Å². The number of hydrogen-bond acceptors (Lipinski definition) is 3. The van der Waals surface area contributed by atoms with Gasteiger partial charge in [0.15, 0.2) is 0 Å². The lowest BCUT2D eigenvalue weighted by Crippen LogP contribution is -2.12. The van der Waals surface area contributed by atoms with Gasteiger partial charge >= 0.3 is 6.18 Å². The van der Waals surface area contributed by atoms with Gasteiger partial charge in [-0.05, 0) is 6.07 Å². The predicted molar refractivity (Wildman–Crippen MR) is 57.0 cm³/mol. The minimum absolute atomic E-state index is 0.247. The highest BCUT2D eigenvalue weighted by atomic mass is 19.4. The molecule has 1 heterocycles.